The third-order valence-electron chi connectivity index (χ3n) is 1.34. The van der Waals surface area contributed by atoms with Gasteiger partial charge < -0.3 is 0 Å². The molecular weight excluding hydrogens is 158 g/mol. The van der Waals surface area contributed by atoms with Gasteiger partial charge in [0.2, 0.25) is 0 Å². The number of pyridine rings is 1. The molecule has 5 heteroatoms. The van der Waals surface area contributed by atoms with E-state index in [0.29, 0.717) is 5.69 Å². The molecule has 0 atom stereocenters. The molecule has 0 aliphatic rings. The first-order chi connectivity index (χ1) is 5.65. The normalized spacial score (nSPS) is 9.00. The van der Waals surface area contributed by atoms with Crippen molar-refractivity contribution >= 4 is 5.69 Å². The number of nitro groups is 1. The van der Waals surface area contributed by atoms with Crippen LogP contribution in [0.5, 0.6) is 0 Å². The van der Waals surface area contributed by atoms with E-state index in [1.807, 2.05) is 0 Å². The molecule has 60 valence electrons. The first-order valence-corrected chi connectivity index (χ1v) is 3.16. The second-order valence-corrected chi connectivity index (χ2v) is 2.21. The van der Waals surface area contributed by atoms with Gasteiger partial charge in [-0.15, -0.1) is 0 Å². The molecular formula is C7H5N3O2. The summed E-state index contributed by atoms with van der Waals surface area (Å²) < 4.78 is 0. The zero-order valence-corrected chi connectivity index (χ0v) is 6.31. The van der Waals surface area contributed by atoms with Crippen molar-refractivity contribution < 1.29 is 4.92 Å². The molecule has 0 fully saturated rings. The van der Waals surface area contributed by atoms with Gasteiger partial charge >= 0.3 is 5.69 Å². The number of aromatic nitrogens is 1. The lowest BCUT2D eigenvalue weighted by Crippen LogP contribution is -1.94. The molecule has 1 aromatic heterocycles. The van der Waals surface area contributed by atoms with E-state index in [9.17, 15) is 10.1 Å². The van der Waals surface area contributed by atoms with Gasteiger partial charge in [0.1, 0.15) is 17.8 Å². The van der Waals surface area contributed by atoms with Crippen LogP contribution in [0, 0.1) is 28.4 Å². The van der Waals surface area contributed by atoms with E-state index in [-0.39, 0.29) is 11.3 Å². The maximum Gasteiger partial charge on any atom is 0.305 e. The van der Waals surface area contributed by atoms with Gasteiger partial charge in [-0.05, 0) is 13.0 Å². The van der Waals surface area contributed by atoms with E-state index >= 15 is 0 Å². The molecule has 0 saturated carbocycles. The smallest absolute Gasteiger partial charge is 0.258 e. The highest BCUT2D eigenvalue weighted by Crippen LogP contribution is 2.15. The van der Waals surface area contributed by atoms with Crippen molar-refractivity contribution in [3.63, 3.8) is 0 Å². The highest BCUT2D eigenvalue weighted by Gasteiger charge is 2.13. The molecule has 1 aromatic rings. The van der Waals surface area contributed by atoms with Gasteiger partial charge in [-0.3, -0.25) is 15.1 Å². The fourth-order valence-corrected chi connectivity index (χ4v) is 0.788. The van der Waals surface area contributed by atoms with Crippen LogP contribution >= 0.6 is 0 Å². The predicted octanol–water partition coefficient (Wildman–Crippen LogP) is 1.17. The summed E-state index contributed by atoms with van der Waals surface area (Å²) in [6.07, 6.45) is 1.09. The summed E-state index contributed by atoms with van der Waals surface area (Å²) in [4.78, 5) is 13.4. The third-order valence-corrected chi connectivity index (χ3v) is 1.34. The fraction of sp³-hybridized carbons (Fsp3) is 0.143. The second kappa shape index (κ2) is 2.96. The fourth-order valence-electron chi connectivity index (χ4n) is 0.788. The number of rotatable bonds is 1. The number of aryl methyl sites for hydroxylation is 1. The van der Waals surface area contributed by atoms with Crippen LogP contribution in [0.1, 0.15) is 11.3 Å². The molecule has 5 nitrogen and oxygen atoms in total. The number of nitriles is 1. The van der Waals surface area contributed by atoms with Gasteiger partial charge in [0.25, 0.3) is 0 Å². The lowest BCUT2D eigenvalue weighted by molar-refractivity contribution is -0.385. The van der Waals surface area contributed by atoms with E-state index in [1.54, 1.807) is 13.0 Å². The topological polar surface area (TPSA) is 79.8 Å². The minimum Gasteiger partial charge on any atom is -0.258 e. The molecule has 0 radical (unpaired) electrons. The lowest BCUT2D eigenvalue weighted by Gasteiger charge is -1.94. The Bertz CT molecular complexity index is 367. The summed E-state index contributed by atoms with van der Waals surface area (Å²) in [5, 5.41) is 18.8. The van der Waals surface area contributed by atoms with E-state index in [1.165, 1.54) is 6.07 Å². The van der Waals surface area contributed by atoms with E-state index in [2.05, 4.69) is 4.98 Å². The predicted molar refractivity (Wildman–Crippen MR) is 40.3 cm³/mol. The molecule has 1 heterocycles. The molecule has 0 unspecified atom stereocenters. The first-order valence-electron chi connectivity index (χ1n) is 3.16. The standard InChI is InChI=1S/C7H5N3O2/c1-5-2-6(3-8)7(4-9-5)10(11)12/h2,4H,1H3. The van der Waals surface area contributed by atoms with E-state index in [4.69, 9.17) is 5.26 Å². The van der Waals surface area contributed by atoms with E-state index < -0.39 is 4.92 Å². The summed E-state index contributed by atoms with van der Waals surface area (Å²) in [5.41, 5.74) is 0.396. The molecule has 12 heavy (non-hydrogen) atoms. The first kappa shape index (κ1) is 8.14. The van der Waals surface area contributed by atoms with Gasteiger partial charge in [-0.1, -0.05) is 0 Å². The Balaban J connectivity index is 3.32. The van der Waals surface area contributed by atoms with Gasteiger partial charge in [0.15, 0.2) is 0 Å². The van der Waals surface area contributed by atoms with Crippen LogP contribution in [0.4, 0.5) is 5.69 Å². The summed E-state index contributed by atoms with van der Waals surface area (Å²) in [6.45, 7) is 1.67. The van der Waals surface area contributed by atoms with Crippen molar-refractivity contribution in [1.29, 1.82) is 5.26 Å². The van der Waals surface area contributed by atoms with Crippen molar-refractivity contribution in [2.75, 3.05) is 0 Å². The molecule has 0 spiro atoms. The van der Waals surface area contributed by atoms with Gasteiger partial charge in [-0.2, -0.15) is 5.26 Å². The Hall–Kier alpha value is -1.96. The second-order valence-electron chi connectivity index (χ2n) is 2.21. The molecule has 0 aliphatic carbocycles. The van der Waals surface area contributed by atoms with Gasteiger partial charge in [0.05, 0.1) is 4.92 Å². The SMILES string of the molecule is Cc1cc(C#N)c([N+](=O)[O-])cn1. The lowest BCUT2D eigenvalue weighted by atomic mass is 10.2. The minimum atomic E-state index is -0.620. The average Bonchev–Trinajstić information content (AvgIpc) is 2.03. The van der Waals surface area contributed by atoms with Crippen LogP contribution in [-0.2, 0) is 0 Å². The van der Waals surface area contributed by atoms with Gasteiger partial charge in [0, 0.05) is 5.69 Å². The van der Waals surface area contributed by atoms with Crippen LogP contribution < -0.4 is 0 Å². The highest BCUT2D eigenvalue weighted by molar-refractivity contribution is 5.47. The Kier molecular flexibility index (Phi) is 2.01. The van der Waals surface area contributed by atoms with Crippen molar-refractivity contribution in [2.24, 2.45) is 0 Å². The Morgan fingerprint density at radius 1 is 1.75 bits per heavy atom. The Morgan fingerprint density at radius 3 is 2.92 bits per heavy atom. The zero-order chi connectivity index (χ0) is 9.14. The maximum absolute atomic E-state index is 10.3. The Morgan fingerprint density at radius 2 is 2.42 bits per heavy atom. The van der Waals surface area contributed by atoms with E-state index in [0.717, 1.165) is 6.20 Å². The summed E-state index contributed by atoms with van der Waals surface area (Å²) in [6, 6.07) is 3.12. The number of hydrogen-bond acceptors (Lipinski definition) is 4. The highest BCUT2D eigenvalue weighted by atomic mass is 16.6. The quantitative estimate of drug-likeness (QED) is 0.459. The summed E-state index contributed by atoms with van der Waals surface area (Å²) in [7, 11) is 0. The Labute approximate surface area is 68.4 Å². The molecule has 0 amide bonds. The average molecular weight is 163 g/mol. The molecule has 0 aromatic carbocycles. The third kappa shape index (κ3) is 1.37. The molecule has 0 N–H and O–H groups in total. The molecule has 0 bridgehead atoms. The largest absolute Gasteiger partial charge is 0.305 e. The monoisotopic (exact) mass is 163 g/mol. The molecule has 1 rings (SSSR count). The van der Waals surface area contributed by atoms with Crippen LogP contribution in [-0.4, -0.2) is 9.91 Å². The van der Waals surface area contributed by atoms with Crippen LogP contribution in [0.2, 0.25) is 0 Å². The van der Waals surface area contributed by atoms with Crippen LogP contribution in [0.25, 0.3) is 0 Å². The minimum absolute atomic E-state index is 0.0486. The molecule has 0 aliphatic heterocycles. The maximum atomic E-state index is 10.3. The zero-order valence-electron chi connectivity index (χ0n) is 6.31. The van der Waals surface area contributed by atoms with Crippen LogP contribution in [0.3, 0.4) is 0 Å². The summed E-state index contributed by atoms with van der Waals surface area (Å²) >= 11 is 0. The number of nitrogens with zero attached hydrogens (tertiary/aromatic N) is 3. The van der Waals surface area contributed by atoms with Crippen molar-refractivity contribution in [2.45, 2.75) is 6.92 Å². The molecule has 0 saturated heterocycles. The van der Waals surface area contributed by atoms with Crippen LogP contribution in [0.15, 0.2) is 12.3 Å². The van der Waals surface area contributed by atoms with Crippen molar-refractivity contribution in [1.82, 2.24) is 4.98 Å². The number of hydrogen-bond donors (Lipinski definition) is 0. The van der Waals surface area contributed by atoms with Gasteiger partial charge in [-0.25, -0.2) is 0 Å². The van der Waals surface area contributed by atoms with Crippen molar-refractivity contribution in [3.05, 3.63) is 33.6 Å². The van der Waals surface area contributed by atoms with Crippen molar-refractivity contribution in [3.8, 4) is 6.07 Å². The summed E-state index contributed by atoms with van der Waals surface area (Å²) in [5.74, 6) is 0.